The van der Waals surface area contributed by atoms with Crippen LogP contribution in [-0.2, 0) is 4.79 Å². The molecule has 2 rings (SSSR count). The van der Waals surface area contributed by atoms with Gasteiger partial charge < -0.3 is 10.2 Å². The molecule has 1 aliphatic carbocycles. The van der Waals surface area contributed by atoms with Gasteiger partial charge in [0.2, 0.25) is 0 Å². The number of allylic oxidation sites excluding steroid dienone is 1. The zero-order chi connectivity index (χ0) is 15.5. The third-order valence-electron chi connectivity index (χ3n) is 2.89. The molecule has 0 amide bonds. The maximum atomic E-state index is 11.1. The van der Waals surface area contributed by atoms with E-state index in [1.165, 1.54) is 6.08 Å². The number of nitro groups is 1. The lowest BCUT2D eigenvalue weighted by atomic mass is 9.94. The number of carbonyl (C=O) groups is 1. The molecule has 8 nitrogen and oxygen atoms in total. The summed E-state index contributed by atoms with van der Waals surface area (Å²) >= 11 is 0. The molecule has 0 saturated carbocycles. The average molecular weight is 289 g/mol. The second-order valence-corrected chi connectivity index (χ2v) is 4.31. The minimum Gasteiger partial charge on any atom is -0.478 e. The van der Waals surface area contributed by atoms with Crippen molar-refractivity contribution in [2.24, 2.45) is 10.2 Å². The van der Waals surface area contributed by atoms with E-state index in [0.717, 1.165) is 6.08 Å². The van der Waals surface area contributed by atoms with Crippen LogP contribution < -0.4 is 0 Å². The number of nitrogens with zero attached hydrogens (tertiary/aromatic N) is 3. The molecular formula is C13H11N3O5. The SMILES string of the molecule is O=C(O)C1=CC(N=Nc2ccccc2)=CCC1(O)[N+](=O)[O-]. The summed E-state index contributed by atoms with van der Waals surface area (Å²) in [7, 11) is 0. The average Bonchev–Trinajstić information content (AvgIpc) is 2.47. The molecule has 0 bridgehead atoms. The van der Waals surface area contributed by atoms with E-state index in [0.29, 0.717) is 5.69 Å². The van der Waals surface area contributed by atoms with Gasteiger partial charge >= 0.3 is 11.7 Å². The Kier molecular flexibility index (Phi) is 3.90. The van der Waals surface area contributed by atoms with Gasteiger partial charge in [-0.25, -0.2) is 4.79 Å². The third-order valence-corrected chi connectivity index (χ3v) is 2.89. The smallest absolute Gasteiger partial charge is 0.359 e. The molecule has 1 aromatic carbocycles. The van der Waals surface area contributed by atoms with Crippen molar-refractivity contribution in [3.63, 3.8) is 0 Å². The van der Waals surface area contributed by atoms with Crippen LogP contribution in [0.4, 0.5) is 5.69 Å². The second-order valence-electron chi connectivity index (χ2n) is 4.31. The van der Waals surface area contributed by atoms with Gasteiger partial charge in [0.05, 0.1) is 22.7 Å². The predicted octanol–water partition coefficient (Wildman–Crippen LogP) is 2.03. The standard InChI is InChI=1S/C13H11N3O5/c17-12(18)11-8-10(6-7-13(11,19)16(20)21)15-14-9-4-2-1-3-5-9/h1-6,8,19H,7H2,(H,17,18). The molecule has 0 spiro atoms. The van der Waals surface area contributed by atoms with Crippen LogP contribution in [0, 0.1) is 10.1 Å². The van der Waals surface area contributed by atoms with E-state index in [-0.39, 0.29) is 5.70 Å². The topological polar surface area (TPSA) is 125 Å². The van der Waals surface area contributed by atoms with Crippen LogP contribution >= 0.6 is 0 Å². The summed E-state index contributed by atoms with van der Waals surface area (Å²) in [5.74, 6) is -1.57. The first-order valence-electron chi connectivity index (χ1n) is 5.93. The van der Waals surface area contributed by atoms with E-state index in [2.05, 4.69) is 10.2 Å². The summed E-state index contributed by atoms with van der Waals surface area (Å²) in [6.07, 6.45) is 1.73. The van der Waals surface area contributed by atoms with E-state index in [9.17, 15) is 20.0 Å². The number of hydrogen-bond donors (Lipinski definition) is 2. The number of rotatable bonds is 4. The lowest BCUT2D eigenvalue weighted by Gasteiger charge is -2.21. The highest BCUT2D eigenvalue weighted by molar-refractivity contribution is 5.89. The number of carboxylic acid groups (broad SMARTS) is 1. The van der Waals surface area contributed by atoms with E-state index >= 15 is 0 Å². The van der Waals surface area contributed by atoms with E-state index < -0.39 is 28.6 Å². The number of aliphatic hydroxyl groups is 1. The third kappa shape index (κ3) is 3.00. The zero-order valence-corrected chi connectivity index (χ0v) is 10.7. The minimum absolute atomic E-state index is 0.141. The summed E-state index contributed by atoms with van der Waals surface area (Å²) in [4.78, 5) is 20.9. The number of carboxylic acids is 1. The molecule has 21 heavy (non-hydrogen) atoms. The lowest BCUT2D eigenvalue weighted by Crippen LogP contribution is -2.43. The maximum Gasteiger partial charge on any atom is 0.359 e. The monoisotopic (exact) mass is 289 g/mol. The Morgan fingerprint density at radius 3 is 2.52 bits per heavy atom. The Balaban J connectivity index is 2.29. The Morgan fingerprint density at radius 2 is 1.95 bits per heavy atom. The predicted molar refractivity (Wildman–Crippen MR) is 71.3 cm³/mol. The van der Waals surface area contributed by atoms with Crippen molar-refractivity contribution < 1.29 is 19.9 Å². The molecule has 0 fully saturated rings. The van der Waals surface area contributed by atoms with Crippen LogP contribution in [0.25, 0.3) is 0 Å². The van der Waals surface area contributed by atoms with Gasteiger partial charge in [-0.05, 0) is 24.3 Å². The largest absolute Gasteiger partial charge is 0.478 e. The molecule has 0 heterocycles. The van der Waals surface area contributed by atoms with Crippen molar-refractivity contribution in [3.8, 4) is 0 Å². The minimum atomic E-state index is -2.64. The van der Waals surface area contributed by atoms with Gasteiger partial charge in [-0.15, -0.1) is 0 Å². The second kappa shape index (κ2) is 5.63. The summed E-state index contributed by atoms with van der Waals surface area (Å²) in [5.41, 5.74) is -2.68. The fourth-order valence-electron chi connectivity index (χ4n) is 1.76. The molecule has 1 atom stereocenters. The van der Waals surface area contributed by atoms with Gasteiger partial charge in [0.25, 0.3) is 0 Å². The Morgan fingerprint density at radius 1 is 1.29 bits per heavy atom. The summed E-state index contributed by atoms with van der Waals surface area (Å²) in [6, 6.07) is 8.71. The molecular weight excluding hydrogens is 278 g/mol. The fourth-order valence-corrected chi connectivity index (χ4v) is 1.76. The quantitative estimate of drug-likeness (QED) is 0.379. The zero-order valence-electron chi connectivity index (χ0n) is 10.7. The number of aliphatic carboxylic acids is 1. The molecule has 8 heteroatoms. The Hall–Kier alpha value is -2.87. The van der Waals surface area contributed by atoms with Crippen molar-refractivity contribution >= 4 is 11.7 Å². The van der Waals surface area contributed by atoms with E-state index in [1.54, 1.807) is 30.3 Å². The van der Waals surface area contributed by atoms with E-state index in [1.807, 2.05) is 0 Å². The number of benzene rings is 1. The molecule has 1 aliphatic rings. The molecule has 2 N–H and O–H groups in total. The highest BCUT2D eigenvalue weighted by atomic mass is 16.7. The number of azo groups is 1. The van der Waals surface area contributed by atoms with Crippen molar-refractivity contribution in [2.75, 3.05) is 0 Å². The molecule has 0 aromatic heterocycles. The van der Waals surface area contributed by atoms with Crippen molar-refractivity contribution in [3.05, 3.63) is 63.9 Å². The van der Waals surface area contributed by atoms with Gasteiger partial charge in [0, 0.05) is 0 Å². The van der Waals surface area contributed by atoms with E-state index in [4.69, 9.17) is 5.11 Å². The van der Waals surface area contributed by atoms with Crippen molar-refractivity contribution in [1.29, 1.82) is 0 Å². The molecule has 1 aromatic rings. The van der Waals surface area contributed by atoms with Crippen molar-refractivity contribution in [1.82, 2.24) is 0 Å². The van der Waals surface area contributed by atoms with Gasteiger partial charge in [0.15, 0.2) is 0 Å². The first kappa shape index (κ1) is 14.5. The first-order chi connectivity index (χ1) is 9.93. The van der Waals surface area contributed by atoms with Crippen molar-refractivity contribution in [2.45, 2.75) is 12.1 Å². The molecule has 0 saturated heterocycles. The summed E-state index contributed by atoms with van der Waals surface area (Å²) in [6.45, 7) is 0. The maximum absolute atomic E-state index is 11.1. The summed E-state index contributed by atoms with van der Waals surface area (Å²) in [5, 5.41) is 37.4. The Bertz CT molecular complexity index is 666. The summed E-state index contributed by atoms with van der Waals surface area (Å²) < 4.78 is 0. The first-order valence-corrected chi connectivity index (χ1v) is 5.93. The highest BCUT2D eigenvalue weighted by Crippen LogP contribution is 2.30. The number of hydrogen-bond acceptors (Lipinski definition) is 6. The van der Waals surface area contributed by atoms with Gasteiger partial charge in [0.1, 0.15) is 5.57 Å². The molecule has 0 aliphatic heterocycles. The molecule has 0 radical (unpaired) electrons. The van der Waals surface area contributed by atoms with Gasteiger partial charge in [-0.2, -0.15) is 10.2 Å². The highest BCUT2D eigenvalue weighted by Gasteiger charge is 2.49. The van der Waals surface area contributed by atoms with Crippen LogP contribution in [-0.4, -0.2) is 26.8 Å². The van der Waals surface area contributed by atoms with Gasteiger partial charge in [-0.3, -0.25) is 10.1 Å². The molecule has 108 valence electrons. The van der Waals surface area contributed by atoms with Gasteiger partial charge in [-0.1, -0.05) is 18.2 Å². The normalized spacial score (nSPS) is 21.8. The lowest BCUT2D eigenvalue weighted by molar-refractivity contribution is -0.609. The van der Waals surface area contributed by atoms with Crippen LogP contribution in [0.5, 0.6) is 0 Å². The van der Waals surface area contributed by atoms with Crippen LogP contribution in [0.1, 0.15) is 6.42 Å². The van der Waals surface area contributed by atoms with Crippen LogP contribution in [0.15, 0.2) is 64.0 Å². The fraction of sp³-hybridized carbons (Fsp3) is 0.154. The Labute approximate surface area is 118 Å². The van der Waals surface area contributed by atoms with Crippen LogP contribution in [0.2, 0.25) is 0 Å². The molecule has 1 unspecified atom stereocenters. The van der Waals surface area contributed by atoms with Crippen LogP contribution in [0.3, 0.4) is 0 Å².